The lowest BCUT2D eigenvalue weighted by Crippen LogP contribution is -2.60. The predicted octanol–water partition coefficient (Wildman–Crippen LogP) is 3.25. The molecule has 3 aromatic heterocycles. The van der Waals surface area contributed by atoms with E-state index in [0.717, 1.165) is 29.6 Å². The Kier molecular flexibility index (Phi) is 3.29. The summed E-state index contributed by atoms with van der Waals surface area (Å²) in [6.45, 7) is 0. The van der Waals surface area contributed by atoms with Crippen molar-refractivity contribution in [3.8, 4) is 17.3 Å². The highest BCUT2D eigenvalue weighted by molar-refractivity contribution is 5.62. The lowest BCUT2D eigenvalue weighted by molar-refractivity contribution is -0.0968. The zero-order chi connectivity index (χ0) is 18.8. The van der Waals surface area contributed by atoms with E-state index in [-0.39, 0.29) is 11.1 Å². The molecule has 0 N–H and O–H groups in total. The number of nitrogens with zero attached hydrogens (tertiary/aromatic N) is 6. The van der Waals surface area contributed by atoms with Gasteiger partial charge in [0.1, 0.15) is 18.5 Å². The lowest BCUT2D eigenvalue weighted by Gasteiger charge is -2.62. The van der Waals surface area contributed by atoms with Crippen LogP contribution in [0.15, 0.2) is 43.4 Å². The van der Waals surface area contributed by atoms with E-state index in [0.29, 0.717) is 5.88 Å². The predicted molar refractivity (Wildman–Crippen MR) is 103 cm³/mol. The first kappa shape index (κ1) is 16.3. The molecule has 7 rings (SSSR count). The molecular weight excluding hydrogens is 352 g/mol. The molecule has 2 atom stereocenters. The molecule has 7 heteroatoms. The number of rotatable bonds is 4. The van der Waals surface area contributed by atoms with E-state index < -0.39 is 0 Å². The summed E-state index contributed by atoms with van der Waals surface area (Å²) in [4.78, 5) is 13.4. The van der Waals surface area contributed by atoms with Gasteiger partial charge in [-0.2, -0.15) is 5.10 Å². The molecule has 0 saturated heterocycles. The average molecular weight is 376 g/mol. The van der Waals surface area contributed by atoms with Crippen molar-refractivity contribution in [2.24, 2.45) is 11.8 Å². The SMILES string of the molecule is COc1ncccc1-c1nccn1C12CC3CC(CC(n4cncn4)(C3)C1)C2. The Morgan fingerprint density at radius 2 is 1.89 bits per heavy atom. The second kappa shape index (κ2) is 5.65. The van der Waals surface area contributed by atoms with Crippen LogP contribution in [-0.4, -0.2) is 36.4 Å². The van der Waals surface area contributed by atoms with Crippen molar-refractivity contribution in [1.82, 2.24) is 29.3 Å². The summed E-state index contributed by atoms with van der Waals surface area (Å²) in [5.41, 5.74) is 1.12. The maximum absolute atomic E-state index is 5.53. The summed E-state index contributed by atoms with van der Waals surface area (Å²) in [7, 11) is 1.67. The fourth-order valence-electron chi connectivity index (χ4n) is 6.78. The van der Waals surface area contributed by atoms with E-state index in [4.69, 9.17) is 9.72 Å². The van der Waals surface area contributed by atoms with Crippen molar-refractivity contribution in [1.29, 1.82) is 0 Å². The molecular formula is C21H24N6O. The number of pyridine rings is 1. The normalized spacial score (nSPS) is 33.3. The topological polar surface area (TPSA) is 70.7 Å². The van der Waals surface area contributed by atoms with Crippen molar-refractivity contribution in [2.75, 3.05) is 7.11 Å². The van der Waals surface area contributed by atoms with Crippen LogP contribution in [0.5, 0.6) is 5.88 Å². The van der Waals surface area contributed by atoms with Crippen LogP contribution >= 0.6 is 0 Å². The first-order chi connectivity index (χ1) is 13.7. The quantitative estimate of drug-likeness (QED) is 0.699. The number of methoxy groups -OCH3 is 1. The fourth-order valence-corrected chi connectivity index (χ4v) is 6.78. The summed E-state index contributed by atoms with van der Waals surface area (Å²) in [5.74, 6) is 3.05. The van der Waals surface area contributed by atoms with Crippen molar-refractivity contribution in [3.05, 3.63) is 43.4 Å². The van der Waals surface area contributed by atoms with Gasteiger partial charge in [0.05, 0.1) is 18.2 Å². The Balaban J connectivity index is 1.49. The van der Waals surface area contributed by atoms with Crippen molar-refractivity contribution < 1.29 is 4.74 Å². The number of hydrogen-bond acceptors (Lipinski definition) is 5. The molecule has 28 heavy (non-hydrogen) atoms. The zero-order valence-corrected chi connectivity index (χ0v) is 16.0. The Morgan fingerprint density at radius 1 is 1.07 bits per heavy atom. The molecule has 4 aliphatic rings. The third-order valence-corrected chi connectivity index (χ3v) is 7.26. The van der Waals surface area contributed by atoms with E-state index in [1.165, 1.54) is 32.1 Å². The standard InChI is InChI=1S/C21H24N6O/c1-28-19-17(3-2-4-24-19)18-23-5-6-26(18)20-8-15-7-16(9-20)11-21(10-15,12-20)27-14-22-13-25-27/h2-6,13-16H,7-12H2,1H3. The first-order valence-corrected chi connectivity index (χ1v) is 10.1. The highest BCUT2D eigenvalue weighted by Gasteiger charge is 2.60. The van der Waals surface area contributed by atoms with Crippen molar-refractivity contribution in [2.45, 2.75) is 49.6 Å². The van der Waals surface area contributed by atoms with Crippen LogP contribution < -0.4 is 4.74 Å². The number of imidazole rings is 1. The zero-order valence-electron chi connectivity index (χ0n) is 16.0. The van der Waals surface area contributed by atoms with Gasteiger partial charge in [0.2, 0.25) is 5.88 Å². The molecule has 3 aromatic rings. The summed E-state index contributed by atoms with van der Waals surface area (Å²) in [5, 5.41) is 4.58. The van der Waals surface area contributed by atoms with Crippen LogP contribution in [0.3, 0.4) is 0 Å². The molecule has 0 radical (unpaired) electrons. The molecule has 4 bridgehead atoms. The van der Waals surface area contributed by atoms with Crippen LogP contribution in [0.2, 0.25) is 0 Å². The molecule has 4 aliphatic carbocycles. The molecule has 144 valence electrons. The third kappa shape index (κ3) is 2.16. The monoisotopic (exact) mass is 376 g/mol. The summed E-state index contributed by atoms with van der Waals surface area (Å²) < 4.78 is 10.1. The van der Waals surface area contributed by atoms with E-state index >= 15 is 0 Å². The summed E-state index contributed by atoms with van der Waals surface area (Å²) in [6.07, 6.45) is 16.7. The van der Waals surface area contributed by atoms with Gasteiger partial charge in [0.25, 0.3) is 0 Å². The molecule has 7 nitrogen and oxygen atoms in total. The van der Waals surface area contributed by atoms with Crippen LogP contribution in [0.1, 0.15) is 38.5 Å². The van der Waals surface area contributed by atoms with Gasteiger partial charge < -0.3 is 9.30 Å². The van der Waals surface area contributed by atoms with Crippen molar-refractivity contribution in [3.63, 3.8) is 0 Å². The number of hydrogen-bond donors (Lipinski definition) is 0. The lowest BCUT2D eigenvalue weighted by atomic mass is 9.49. The Hall–Kier alpha value is -2.70. The van der Waals surface area contributed by atoms with E-state index in [1.54, 1.807) is 19.6 Å². The maximum Gasteiger partial charge on any atom is 0.224 e. The van der Waals surface area contributed by atoms with E-state index in [2.05, 4.69) is 36.6 Å². The fraction of sp³-hybridized carbons (Fsp3) is 0.524. The number of ether oxygens (including phenoxy) is 1. The molecule has 4 saturated carbocycles. The highest BCUT2D eigenvalue weighted by Crippen LogP contribution is 2.63. The minimum atomic E-state index is 0.0721. The summed E-state index contributed by atoms with van der Waals surface area (Å²) in [6, 6.07) is 4.01. The molecule has 3 heterocycles. The van der Waals surface area contributed by atoms with Gasteiger partial charge in [0.15, 0.2) is 0 Å². The molecule has 0 spiro atoms. The van der Waals surface area contributed by atoms with Gasteiger partial charge in [-0.15, -0.1) is 0 Å². The third-order valence-electron chi connectivity index (χ3n) is 7.26. The van der Waals surface area contributed by atoms with Crippen molar-refractivity contribution >= 4 is 0 Å². The molecule has 2 unspecified atom stereocenters. The van der Waals surface area contributed by atoms with Gasteiger partial charge in [-0.25, -0.2) is 19.6 Å². The van der Waals surface area contributed by atoms with Gasteiger partial charge >= 0.3 is 0 Å². The van der Waals surface area contributed by atoms with Gasteiger partial charge in [-0.3, -0.25) is 0 Å². The smallest absolute Gasteiger partial charge is 0.224 e. The van der Waals surface area contributed by atoms with Crippen LogP contribution in [-0.2, 0) is 11.1 Å². The molecule has 0 aliphatic heterocycles. The number of aromatic nitrogens is 6. The minimum Gasteiger partial charge on any atom is -0.480 e. The first-order valence-electron chi connectivity index (χ1n) is 10.1. The van der Waals surface area contributed by atoms with E-state index in [1.807, 2.05) is 18.6 Å². The Labute approximate surface area is 163 Å². The Bertz CT molecular complexity index is 996. The minimum absolute atomic E-state index is 0.0721. The van der Waals surface area contributed by atoms with E-state index in [9.17, 15) is 0 Å². The largest absolute Gasteiger partial charge is 0.480 e. The molecule has 0 aromatic carbocycles. The Morgan fingerprint density at radius 3 is 2.64 bits per heavy atom. The molecule has 4 fully saturated rings. The van der Waals surface area contributed by atoms with Gasteiger partial charge in [-0.1, -0.05) is 0 Å². The van der Waals surface area contributed by atoms with Gasteiger partial charge in [-0.05, 0) is 62.5 Å². The van der Waals surface area contributed by atoms with Crippen LogP contribution in [0, 0.1) is 11.8 Å². The second-order valence-corrected chi connectivity index (χ2v) is 8.93. The molecule has 0 amide bonds. The highest BCUT2D eigenvalue weighted by atomic mass is 16.5. The average Bonchev–Trinajstić information content (AvgIpc) is 3.39. The van der Waals surface area contributed by atoms with Crippen LogP contribution in [0.4, 0.5) is 0 Å². The summed E-state index contributed by atoms with van der Waals surface area (Å²) >= 11 is 0. The van der Waals surface area contributed by atoms with Crippen LogP contribution in [0.25, 0.3) is 11.4 Å². The van der Waals surface area contributed by atoms with Gasteiger partial charge in [0, 0.05) is 24.1 Å². The maximum atomic E-state index is 5.53. The second-order valence-electron chi connectivity index (χ2n) is 8.93.